The number of phenols is 1. The molecule has 0 spiro atoms. The molecule has 0 saturated heterocycles. The number of ether oxygens (including phenoxy) is 1. The van der Waals surface area contributed by atoms with E-state index in [0.29, 0.717) is 12.2 Å². The van der Waals surface area contributed by atoms with E-state index in [1.165, 1.54) is 0 Å². The molecule has 0 saturated carbocycles. The second-order valence-electron chi connectivity index (χ2n) is 3.70. The second kappa shape index (κ2) is 4.26. The van der Waals surface area contributed by atoms with E-state index in [0.717, 1.165) is 18.6 Å². The molecular formula is C12H14O3. The minimum atomic E-state index is 0.130. The summed E-state index contributed by atoms with van der Waals surface area (Å²) >= 11 is 0. The van der Waals surface area contributed by atoms with Gasteiger partial charge in [0.25, 0.3) is 0 Å². The van der Waals surface area contributed by atoms with Gasteiger partial charge in [0.05, 0.1) is 5.76 Å². The van der Waals surface area contributed by atoms with Gasteiger partial charge < -0.3 is 14.9 Å². The molecule has 1 aliphatic carbocycles. The average molecular weight is 206 g/mol. The van der Waals surface area contributed by atoms with Crippen molar-refractivity contribution in [2.75, 3.05) is 0 Å². The number of allylic oxidation sites excluding steroid dienone is 1. The quantitative estimate of drug-likeness (QED) is 0.782. The van der Waals surface area contributed by atoms with Gasteiger partial charge in [0.15, 0.2) is 0 Å². The average Bonchev–Trinajstić information content (AvgIpc) is 2.25. The fourth-order valence-corrected chi connectivity index (χ4v) is 1.62. The van der Waals surface area contributed by atoms with Crippen LogP contribution in [0, 0.1) is 0 Å². The minimum Gasteiger partial charge on any atom is -0.513 e. The summed E-state index contributed by atoms with van der Waals surface area (Å²) in [6.07, 6.45) is 4.19. The van der Waals surface area contributed by atoms with E-state index in [-0.39, 0.29) is 11.9 Å². The number of aliphatic hydroxyl groups is 1. The molecule has 0 fully saturated rings. The van der Waals surface area contributed by atoms with Gasteiger partial charge in [-0.15, -0.1) is 0 Å². The molecule has 1 atom stereocenters. The van der Waals surface area contributed by atoms with Gasteiger partial charge in [-0.2, -0.15) is 0 Å². The van der Waals surface area contributed by atoms with Crippen LogP contribution >= 0.6 is 0 Å². The van der Waals surface area contributed by atoms with Crippen molar-refractivity contribution in [2.24, 2.45) is 0 Å². The molecule has 0 amide bonds. The first kappa shape index (κ1) is 9.90. The topological polar surface area (TPSA) is 49.7 Å². The van der Waals surface area contributed by atoms with Gasteiger partial charge in [0.2, 0.25) is 0 Å². The van der Waals surface area contributed by atoms with Crippen LogP contribution in [0.25, 0.3) is 0 Å². The fraction of sp³-hybridized carbons (Fsp3) is 0.333. The first-order chi connectivity index (χ1) is 7.24. The zero-order valence-corrected chi connectivity index (χ0v) is 8.39. The summed E-state index contributed by atoms with van der Waals surface area (Å²) in [5.74, 6) is 1.46. The highest BCUT2D eigenvalue weighted by atomic mass is 16.5. The fourth-order valence-electron chi connectivity index (χ4n) is 1.62. The van der Waals surface area contributed by atoms with Crippen LogP contribution in [0.15, 0.2) is 36.1 Å². The zero-order valence-electron chi connectivity index (χ0n) is 8.39. The summed E-state index contributed by atoms with van der Waals surface area (Å²) in [5, 5.41) is 18.3. The number of phenolic OH excluding ortho intramolecular Hbond substituents is 1. The zero-order chi connectivity index (χ0) is 10.7. The lowest BCUT2D eigenvalue weighted by atomic mass is 10.0. The highest BCUT2D eigenvalue weighted by molar-refractivity contribution is 5.30. The maximum Gasteiger partial charge on any atom is 0.120 e. The first-order valence-electron chi connectivity index (χ1n) is 5.08. The van der Waals surface area contributed by atoms with E-state index in [4.69, 9.17) is 9.84 Å². The first-order valence-corrected chi connectivity index (χ1v) is 5.08. The minimum absolute atomic E-state index is 0.130. The third kappa shape index (κ3) is 2.65. The Morgan fingerprint density at radius 1 is 1.13 bits per heavy atom. The largest absolute Gasteiger partial charge is 0.513 e. The normalized spacial score (nSPS) is 20.8. The Kier molecular flexibility index (Phi) is 2.81. The number of rotatable bonds is 2. The Morgan fingerprint density at radius 3 is 2.47 bits per heavy atom. The van der Waals surface area contributed by atoms with Crippen LogP contribution in [0.2, 0.25) is 0 Å². The number of aliphatic hydroxyl groups excluding tert-OH is 1. The molecule has 0 heterocycles. The highest BCUT2D eigenvalue weighted by Crippen LogP contribution is 2.23. The Hall–Kier alpha value is -1.64. The van der Waals surface area contributed by atoms with Crippen molar-refractivity contribution >= 4 is 0 Å². The molecule has 15 heavy (non-hydrogen) atoms. The predicted octanol–water partition coefficient (Wildman–Crippen LogP) is 2.77. The predicted molar refractivity (Wildman–Crippen MR) is 57.1 cm³/mol. The maximum atomic E-state index is 9.20. The molecule has 1 aromatic rings. The van der Waals surface area contributed by atoms with E-state index >= 15 is 0 Å². The van der Waals surface area contributed by atoms with E-state index in [2.05, 4.69) is 0 Å². The summed E-state index contributed by atoms with van der Waals surface area (Å²) in [5.41, 5.74) is 0. The van der Waals surface area contributed by atoms with Crippen molar-refractivity contribution in [3.05, 3.63) is 36.1 Å². The van der Waals surface area contributed by atoms with Crippen molar-refractivity contribution in [3.63, 3.8) is 0 Å². The van der Waals surface area contributed by atoms with Gasteiger partial charge in [-0.3, -0.25) is 0 Å². The van der Waals surface area contributed by atoms with E-state index in [9.17, 15) is 5.11 Å². The Bertz CT molecular complexity index is 354. The van der Waals surface area contributed by atoms with E-state index in [1.54, 1.807) is 30.3 Å². The van der Waals surface area contributed by atoms with Gasteiger partial charge in [0.1, 0.15) is 17.6 Å². The lowest BCUT2D eigenvalue weighted by Gasteiger charge is -2.21. The third-order valence-electron chi connectivity index (χ3n) is 2.48. The molecule has 0 radical (unpaired) electrons. The van der Waals surface area contributed by atoms with Gasteiger partial charge in [-0.1, -0.05) is 0 Å². The van der Waals surface area contributed by atoms with Crippen LogP contribution < -0.4 is 4.74 Å². The Labute approximate surface area is 88.6 Å². The van der Waals surface area contributed by atoms with Crippen LogP contribution in [0.1, 0.15) is 19.3 Å². The molecular weight excluding hydrogens is 192 g/mol. The number of hydrogen-bond acceptors (Lipinski definition) is 3. The number of benzene rings is 1. The molecule has 1 unspecified atom stereocenters. The van der Waals surface area contributed by atoms with Crippen LogP contribution in [0.3, 0.4) is 0 Å². The van der Waals surface area contributed by atoms with E-state index in [1.807, 2.05) is 0 Å². The number of aromatic hydroxyl groups is 1. The molecule has 2 N–H and O–H groups in total. The summed E-state index contributed by atoms with van der Waals surface area (Å²) in [4.78, 5) is 0. The monoisotopic (exact) mass is 206 g/mol. The molecule has 1 aromatic carbocycles. The summed E-state index contributed by atoms with van der Waals surface area (Å²) < 4.78 is 5.69. The van der Waals surface area contributed by atoms with Gasteiger partial charge in [-0.25, -0.2) is 0 Å². The van der Waals surface area contributed by atoms with Crippen LogP contribution in [-0.2, 0) is 0 Å². The van der Waals surface area contributed by atoms with Gasteiger partial charge >= 0.3 is 0 Å². The van der Waals surface area contributed by atoms with Crippen LogP contribution in [0.4, 0.5) is 0 Å². The number of hydrogen-bond donors (Lipinski definition) is 2. The van der Waals surface area contributed by atoms with Crippen molar-refractivity contribution in [1.82, 2.24) is 0 Å². The Morgan fingerprint density at radius 2 is 1.87 bits per heavy atom. The van der Waals surface area contributed by atoms with Crippen molar-refractivity contribution in [1.29, 1.82) is 0 Å². The second-order valence-corrected chi connectivity index (χ2v) is 3.70. The molecule has 1 aliphatic rings. The third-order valence-corrected chi connectivity index (χ3v) is 2.48. The van der Waals surface area contributed by atoms with Crippen molar-refractivity contribution in [2.45, 2.75) is 25.4 Å². The molecule has 3 heteroatoms. The smallest absolute Gasteiger partial charge is 0.120 e. The lowest BCUT2D eigenvalue weighted by Crippen LogP contribution is -2.18. The van der Waals surface area contributed by atoms with Crippen LogP contribution in [-0.4, -0.2) is 16.3 Å². The van der Waals surface area contributed by atoms with Crippen molar-refractivity contribution in [3.8, 4) is 11.5 Å². The van der Waals surface area contributed by atoms with Gasteiger partial charge in [-0.05, 0) is 36.8 Å². The molecule has 80 valence electrons. The molecule has 0 bridgehead atoms. The standard InChI is InChI=1S/C12H14O3/c13-9-1-5-11(6-2-9)15-12-7-3-10(14)4-8-12/h1-3,5-6,12-14H,4,7-8H2. The van der Waals surface area contributed by atoms with Crippen LogP contribution in [0.5, 0.6) is 11.5 Å². The maximum absolute atomic E-state index is 9.20. The Balaban J connectivity index is 1.95. The molecule has 0 aliphatic heterocycles. The van der Waals surface area contributed by atoms with E-state index < -0.39 is 0 Å². The summed E-state index contributed by atoms with van der Waals surface area (Å²) in [7, 11) is 0. The van der Waals surface area contributed by atoms with Gasteiger partial charge in [0, 0.05) is 12.8 Å². The molecule has 3 nitrogen and oxygen atoms in total. The SMILES string of the molecule is OC1=CCC(Oc2ccc(O)cc2)CC1. The lowest BCUT2D eigenvalue weighted by molar-refractivity contribution is 0.176. The summed E-state index contributed by atoms with van der Waals surface area (Å²) in [6, 6.07) is 6.69. The highest BCUT2D eigenvalue weighted by Gasteiger charge is 2.15. The summed E-state index contributed by atoms with van der Waals surface area (Å²) in [6.45, 7) is 0. The van der Waals surface area contributed by atoms with Crippen molar-refractivity contribution < 1.29 is 14.9 Å². The molecule has 0 aromatic heterocycles. The molecule has 2 rings (SSSR count).